The fourth-order valence-corrected chi connectivity index (χ4v) is 3.93. The molecule has 24 heavy (non-hydrogen) atoms. The van der Waals surface area contributed by atoms with E-state index in [0.717, 1.165) is 32.1 Å². The van der Waals surface area contributed by atoms with Crippen molar-refractivity contribution in [1.29, 1.82) is 5.41 Å². The topological polar surface area (TPSA) is 95.7 Å². The Bertz CT molecular complexity index is 857. The summed E-state index contributed by atoms with van der Waals surface area (Å²) in [6, 6.07) is 3.32. The lowest BCUT2D eigenvalue weighted by molar-refractivity contribution is 0.0876. The number of aromatic nitrogens is 3. The molecular formula is C16H17ClN6O. The fourth-order valence-electron chi connectivity index (χ4n) is 3.65. The lowest BCUT2D eigenvalue weighted by atomic mass is 9.89. The molecule has 8 heteroatoms. The molecule has 124 valence electrons. The summed E-state index contributed by atoms with van der Waals surface area (Å²) in [7, 11) is 0. The summed E-state index contributed by atoms with van der Waals surface area (Å²) < 4.78 is 1.76. The van der Waals surface area contributed by atoms with Gasteiger partial charge >= 0.3 is 0 Å². The molecule has 1 saturated carbocycles. The number of anilines is 2. The van der Waals surface area contributed by atoms with Gasteiger partial charge in [-0.05, 0) is 37.8 Å². The maximum Gasteiger partial charge on any atom is 0.271 e. The van der Waals surface area contributed by atoms with Gasteiger partial charge in [0.2, 0.25) is 0 Å². The molecule has 0 aromatic carbocycles. The fraction of sp³-hybridized carbons (Fsp3) is 0.375. The van der Waals surface area contributed by atoms with Crippen LogP contribution in [-0.2, 0) is 5.66 Å². The maximum atomic E-state index is 12.4. The molecule has 0 atom stereocenters. The van der Waals surface area contributed by atoms with Crippen molar-refractivity contribution in [2.24, 2.45) is 0 Å². The van der Waals surface area contributed by atoms with Gasteiger partial charge in [0.15, 0.2) is 5.49 Å². The minimum Gasteiger partial charge on any atom is -0.337 e. The van der Waals surface area contributed by atoms with Crippen LogP contribution in [0, 0.1) is 5.41 Å². The predicted molar refractivity (Wildman–Crippen MR) is 89.1 cm³/mol. The van der Waals surface area contributed by atoms with Crippen LogP contribution in [0.5, 0.6) is 0 Å². The van der Waals surface area contributed by atoms with Gasteiger partial charge in [-0.2, -0.15) is 0 Å². The third-order valence-electron chi connectivity index (χ3n) is 4.71. The van der Waals surface area contributed by atoms with Gasteiger partial charge in [-0.3, -0.25) is 14.8 Å². The average molecular weight is 345 g/mol. The van der Waals surface area contributed by atoms with E-state index in [2.05, 4.69) is 20.6 Å². The van der Waals surface area contributed by atoms with Crippen LogP contribution in [0.2, 0.25) is 5.02 Å². The minimum atomic E-state index is -0.533. The van der Waals surface area contributed by atoms with Crippen molar-refractivity contribution in [1.82, 2.24) is 19.9 Å². The Labute approximate surface area is 143 Å². The molecule has 2 aliphatic rings. The lowest BCUT2D eigenvalue weighted by Gasteiger charge is -2.36. The molecule has 0 bridgehead atoms. The van der Waals surface area contributed by atoms with Crippen molar-refractivity contribution < 1.29 is 4.79 Å². The molecule has 1 aliphatic heterocycles. The number of amides is 1. The van der Waals surface area contributed by atoms with E-state index in [1.807, 2.05) is 0 Å². The number of pyridine rings is 1. The first-order chi connectivity index (χ1) is 11.6. The number of hydrogen-bond donors (Lipinski definition) is 3. The van der Waals surface area contributed by atoms with Crippen LogP contribution in [0.25, 0.3) is 0 Å². The molecule has 2 aromatic rings. The van der Waals surface area contributed by atoms with E-state index in [4.69, 9.17) is 17.0 Å². The van der Waals surface area contributed by atoms with Crippen LogP contribution >= 0.6 is 11.6 Å². The molecule has 3 heterocycles. The Morgan fingerprint density at radius 1 is 1.33 bits per heavy atom. The predicted octanol–water partition coefficient (Wildman–Crippen LogP) is 2.51. The molecule has 1 amide bonds. The second-order valence-corrected chi connectivity index (χ2v) is 6.61. The van der Waals surface area contributed by atoms with Gasteiger partial charge in [0, 0.05) is 6.20 Å². The monoisotopic (exact) mass is 344 g/mol. The molecule has 2 aromatic heterocycles. The summed E-state index contributed by atoms with van der Waals surface area (Å²) in [6.07, 6.45) is 7.87. The Morgan fingerprint density at radius 2 is 2.12 bits per heavy atom. The molecular weight excluding hydrogens is 328 g/mol. The van der Waals surface area contributed by atoms with E-state index in [0.29, 0.717) is 22.2 Å². The number of fused-ring (bicyclic) bond motifs is 2. The van der Waals surface area contributed by atoms with Crippen molar-refractivity contribution in [3.8, 4) is 0 Å². The van der Waals surface area contributed by atoms with Gasteiger partial charge in [-0.25, -0.2) is 9.97 Å². The number of halogens is 1. The van der Waals surface area contributed by atoms with E-state index < -0.39 is 5.66 Å². The van der Waals surface area contributed by atoms with Crippen molar-refractivity contribution >= 4 is 29.0 Å². The molecule has 3 N–H and O–H groups in total. The SMILES string of the molecule is N=c1c(Nc2ccncn2)cc(Cl)c2n1C1(CCCCC1)NC2=O. The van der Waals surface area contributed by atoms with Gasteiger partial charge in [-0.15, -0.1) is 0 Å². The molecule has 7 nitrogen and oxygen atoms in total. The normalized spacial score (nSPS) is 18.3. The number of nitrogens with zero attached hydrogens (tertiary/aromatic N) is 3. The highest BCUT2D eigenvalue weighted by molar-refractivity contribution is 6.34. The van der Waals surface area contributed by atoms with Crippen LogP contribution in [0.1, 0.15) is 42.6 Å². The molecule has 4 rings (SSSR count). The highest BCUT2D eigenvalue weighted by Gasteiger charge is 2.44. The van der Waals surface area contributed by atoms with Gasteiger partial charge < -0.3 is 10.6 Å². The Morgan fingerprint density at radius 3 is 2.83 bits per heavy atom. The maximum absolute atomic E-state index is 12.4. The van der Waals surface area contributed by atoms with E-state index >= 15 is 0 Å². The Hall–Kier alpha value is -2.41. The van der Waals surface area contributed by atoms with Crippen molar-refractivity contribution in [2.45, 2.75) is 37.8 Å². The molecule has 0 unspecified atom stereocenters. The summed E-state index contributed by atoms with van der Waals surface area (Å²) in [5.74, 6) is 0.370. The van der Waals surface area contributed by atoms with Crippen LogP contribution in [0.4, 0.5) is 11.5 Å². The van der Waals surface area contributed by atoms with Crippen molar-refractivity contribution in [3.63, 3.8) is 0 Å². The van der Waals surface area contributed by atoms with E-state index in [1.165, 1.54) is 6.33 Å². The number of rotatable bonds is 2. The van der Waals surface area contributed by atoms with Crippen LogP contribution < -0.4 is 16.1 Å². The molecule has 1 fully saturated rings. The summed E-state index contributed by atoms with van der Waals surface area (Å²) in [5.41, 5.74) is 0.586. The highest BCUT2D eigenvalue weighted by Crippen LogP contribution is 2.38. The van der Waals surface area contributed by atoms with Gasteiger partial charge in [0.05, 0.1) is 10.7 Å². The van der Waals surface area contributed by atoms with E-state index in [1.54, 1.807) is 22.9 Å². The third kappa shape index (κ3) is 2.27. The van der Waals surface area contributed by atoms with Crippen LogP contribution in [0.15, 0.2) is 24.7 Å². The van der Waals surface area contributed by atoms with Gasteiger partial charge in [0.1, 0.15) is 23.5 Å². The Kier molecular flexibility index (Phi) is 3.53. The zero-order valence-corrected chi connectivity index (χ0v) is 13.7. The van der Waals surface area contributed by atoms with Crippen LogP contribution in [-0.4, -0.2) is 20.4 Å². The van der Waals surface area contributed by atoms with Gasteiger partial charge in [-0.1, -0.05) is 18.0 Å². The van der Waals surface area contributed by atoms with Crippen molar-refractivity contribution in [3.05, 3.63) is 40.9 Å². The minimum absolute atomic E-state index is 0.205. The van der Waals surface area contributed by atoms with Crippen LogP contribution in [0.3, 0.4) is 0 Å². The molecule has 0 radical (unpaired) electrons. The Balaban J connectivity index is 1.85. The summed E-state index contributed by atoms with van der Waals surface area (Å²) in [6.45, 7) is 0. The summed E-state index contributed by atoms with van der Waals surface area (Å²) in [4.78, 5) is 20.4. The zero-order chi connectivity index (χ0) is 16.7. The number of carbonyl (C=O) groups is 1. The third-order valence-corrected chi connectivity index (χ3v) is 5.00. The molecule has 0 saturated heterocycles. The summed E-state index contributed by atoms with van der Waals surface area (Å²) >= 11 is 6.37. The summed E-state index contributed by atoms with van der Waals surface area (Å²) in [5, 5.41) is 15.1. The van der Waals surface area contributed by atoms with Gasteiger partial charge in [0.25, 0.3) is 5.91 Å². The number of carbonyl (C=O) groups excluding carboxylic acids is 1. The smallest absolute Gasteiger partial charge is 0.271 e. The zero-order valence-electron chi connectivity index (χ0n) is 13.0. The largest absolute Gasteiger partial charge is 0.337 e. The molecule has 1 aliphatic carbocycles. The highest BCUT2D eigenvalue weighted by atomic mass is 35.5. The molecule has 1 spiro atoms. The first kappa shape index (κ1) is 15.1. The standard InChI is InChI=1S/C16H17ClN6O/c17-10-8-11(21-12-4-7-19-9-20-12)14(18)23-13(10)15(24)22-16(23)5-2-1-3-6-16/h4,7-9,18H,1-3,5-6H2,(H,22,24)(H,19,20,21). The first-order valence-corrected chi connectivity index (χ1v) is 8.35. The second kappa shape index (κ2) is 5.59. The van der Waals surface area contributed by atoms with E-state index in [-0.39, 0.29) is 11.4 Å². The van der Waals surface area contributed by atoms with Crippen molar-refractivity contribution in [2.75, 3.05) is 5.32 Å². The quantitative estimate of drug-likeness (QED) is 0.780. The first-order valence-electron chi connectivity index (χ1n) is 7.97. The average Bonchev–Trinajstić information content (AvgIpc) is 2.86. The number of hydrogen-bond acceptors (Lipinski definition) is 5. The number of nitrogens with one attached hydrogen (secondary N) is 3. The lowest BCUT2D eigenvalue weighted by Crippen LogP contribution is -2.48. The van der Waals surface area contributed by atoms with E-state index in [9.17, 15) is 4.79 Å². The second-order valence-electron chi connectivity index (χ2n) is 6.20.